The van der Waals surface area contributed by atoms with Crippen molar-refractivity contribution in [3.8, 4) is 6.07 Å². The Morgan fingerprint density at radius 3 is 2.00 bits per heavy atom. The first kappa shape index (κ1) is 15.1. The second kappa shape index (κ2) is 7.48. The summed E-state index contributed by atoms with van der Waals surface area (Å²) >= 11 is 0. The summed E-state index contributed by atoms with van der Waals surface area (Å²) in [5.41, 5.74) is 5.61. The van der Waals surface area contributed by atoms with E-state index in [1.807, 2.05) is 0 Å². The van der Waals surface area contributed by atoms with Crippen molar-refractivity contribution in [2.75, 3.05) is 0 Å². The predicted molar refractivity (Wildman–Crippen MR) is 72.4 cm³/mol. The third-order valence-electron chi connectivity index (χ3n) is 2.28. The van der Waals surface area contributed by atoms with Crippen molar-refractivity contribution < 1.29 is 8.78 Å². The number of amidine groups is 1. The summed E-state index contributed by atoms with van der Waals surface area (Å²) in [6, 6.07) is 13.6. The van der Waals surface area contributed by atoms with Gasteiger partial charge in [-0.2, -0.15) is 10.4 Å². The smallest absolute Gasteiger partial charge is 0.153 e. The molecule has 0 aliphatic rings. The highest BCUT2D eigenvalue weighted by Crippen LogP contribution is 2.04. The van der Waals surface area contributed by atoms with Gasteiger partial charge in [-0.05, 0) is 24.3 Å². The third kappa shape index (κ3) is 4.07. The Bertz CT molecular complexity index is 648. The van der Waals surface area contributed by atoms with Crippen LogP contribution in [0.1, 0.15) is 11.1 Å². The van der Waals surface area contributed by atoms with Crippen LogP contribution in [0.4, 0.5) is 8.78 Å². The van der Waals surface area contributed by atoms with Crippen LogP contribution in [-0.4, -0.2) is 5.84 Å². The number of rotatable bonds is 1. The number of hydrazone groups is 1. The average molecular weight is 274 g/mol. The molecule has 0 fully saturated rings. The first-order valence-corrected chi connectivity index (χ1v) is 5.53. The second-order valence-corrected chi connectivity index (χ2v) is 3.59. The Morgan fingerprint density at radius 1 is 1.00 bits per heavy atom. The second-order valence-electron chi connectivity index (χ2n) is 3.59. The largest absolute Gasteiger partial charge is 0.382 e. The molecule has 4 nitrogen and oxygen atoms in total. The van der Waals surface area contributed by atoms with Crippen molar-refractivity contribution in [3.05, 3.63) is 71.3 Å². The lowest BCUT2D eigenvalue weighted by atomic mass is 10.2. The van der Waals surface area contributed by atoms with E-state index in [1.165, 1.54) is 24.3 Å². The highest BCUT2D eigenvalue weighted by molar-refractivity contribution is 5.97. The molecule has 4 N–H and O–H groups in total. The summed E-state index contributed by atoms with van der Waals surface area (Å²) in [5.74, 6) is 4.00. The predicted octanol–water partition coefficient (Wildman–Crippen LogP) is 2.10. The van der Waals surface area contributed by atoms with Gasteiger partial charge in [-0.3, -0.25) is 0 Å². The van der Waals surface area contributed by atoms with Crippen molar-refractivity contribution in [1.82, 2.24) is 0 Å². The van der Waals surface area contributed by atoms with Gasteiger partial charge in [-0.1, -0.05) is 24.3 Å². The molecule has 2 aromatic rings. The quantitative estimate of drug-likeness (QED) is 0.361. The summed E-state index contributed by atoms with van der Waals surface area (Å²) < 4.78 is 25.2. The normalized spacial score (nSPS) is 10.2. The van der Waals surface area contributed by atoms with Crippen molar-refractivity contribution in [1.29, 1.82) is 5.26 Å². The van der Waals surface area contributed by atoms with Crippen LogP contribution in [0.5, 0.6) is 0 Å². The van der Waals surface area contributed by atoms with Crippen LogP contribution in [0.25, 0.3) is 0 Å². The highest BCUT2D eigenvalue weighted by Gasteiger charge is 2.02. The summed E-state index contributed by atoms with van der Waals surface area (Å²) in [4.78, 5) is 0. The topological polar surface area (TPSA) is 88.2 Å². The molecule has 0 radical (unpaired) electrons. The fourth-order valence-electron chi connectivity index (χ4n) is 1.29. The summed E-state index contributed by atoms with van der Waals surface area (Å²) in [5, 5.41) is 11.4. The zero-order valence-electron chi connectivity index (χ0n) is 10.4. The average Bonchev–Trinajstić information content (AvgIpc) is 2.48. The maximum absolute atomic E-state index is 12.8. The number of benzene rings is 2. The number of halogens is 2. The van der Waals surface area contributed by atoms with Gasteiger partial charge < -0.3 is 11.6 Å². The van der Waals surface area contributed by atoms with Crippen LogP contribution in [-0.2, 0) is 0 Å². The number of hydrogen-bond donors (Lipinski definition) is 2. The van der Waals surface area contributed by atoms with Crippen LogP contribution in [0.3, 0.4) is 0 Å². The monoisotopic (exact) mass is 274 g/mol. The minimum Gasteiger partial charge on any atom is -0.382 e. The maximum Gasteiger partial charge on any atom is 0.153 e. The Kier molecular flexibility index (Phi) is 5.66. The van der Waals surface area contributed by atoms with Gasteiger partial charge in [0.25, 0.3) is 0 Å². The molecule has 0 unspecified atom stereocenters. The van der Waals surface area contributed by atoms with E-state index in [-0.39, 0.29) is 17.0 Å². The minimum absolute atomic E-state index is 0.00287. The molecule has 0 spiro atoms. The van der Waals surface area contributed by atoms with Gasteiger partial charge in [-0.25, -0.2) is 8.78 Å². The molecule has 0 heterocycles. The van der Waals surface area contributed by atoms with Crippen molar-refractivity contribution in [2.45, 2.75) is 0 Å². The maximum atomic E-state index is 12.8. The zero-order chi connectivity index (χ0) is 15.0. The molecule has 0 amide bonds. The van der Waals surface area contributed by atoms with Crippen molar-refractivity contribution in [3.63, 3.8) is 0 Å². The lowest BCUT2D eigenvalue weighted by Gasteiger charge is -1.98. The number of nitrogens with two attached hydrogens (primary N) is 2. The van der Waals surface area contributed by atoms with E-state index >= 15 is 0 Å². The molecule has 20 heavy (non-hydrogen) atoms. The van der Waals surface area contributed by atoms with Crippen LogP contribution in [0, 0.1) is 23.0 Å². The lowest BCUT2D eigenvalue weighted by Crippen LogP contribution is -2.16. The Hall–Kier alpha value is -2.94. The van der Waals surface area contributed by atoms with Crippen LogP contribution in [0.15, 0.2) is 53.6 Å². The highest BCUT2D eigenvalue weighted by atomic mass is 19.1. The van der Waals surface area contributed by atoms with E-state index in [1.54, 1.807) is 30.3 Å². The summed E-state index contributed by atoms with van der Waals surface area (Å²) in [6.45, 7) is 0. The van der Waals surface area contributed by atoms with Gasteiger partial charge in [0.15, 0.2) is 5.84 Å². The van der Waals surface area contributed by atoms with E-state index in [0.717, 1.165) is 0 Å². The molecule has 0 aliphatic carbocycles. The molecule has 6 heteroatoms. The van der Waals surface area contributed by atoms with Gasteiger partial charge in [0.2, 0.25) is 0 Å². The van der Waals surface area contributed by atoms with Crippen molar-refractivity contribution >= 4 is 5.84 Å². The molecule has 0 saturated carbocycles. The van der Waals surface area contributed by atoms with Crippen LogP contribution < -0.4 is 11.6 Å². The van der Waals surface area contributed by atoms with E-state index in [4.69, 9.17) is 16.8 Å². The number of nitrogens with zero attached hydrogens (tertiary/aromatic N) is 2. The fraction of sp³-hybridized carbons (Fsp3) is 0. The van der Waals surface area contributed by atoms with Crippen molar-refractivity contribution in [2.24, 2.45) is 16.7 Å². The van der Waals surface area contributed by atoms with Gasteiger partial charge in [0.1, 0.15) is 17.7 Å². The zero-order valence-corrected chi connectivity index (χ0v) is 10.4. The fourth-order valence-corrected chi connectivity index (χ4v) is 1.29. The van der Waals surface area contributed by atoms with E-state index in [9.17, 15) is 8.78 Å². The molecule has 0 atom stereocenters. The van der Waals surface area contributed by atoms with Gasteiger partial charge in [0, 0.05) is 0 Å². The van der Waals surface area contributed by atoms with Crippen LogP contribution in [0.2, 0.25) is 0 Å². The lowest BCUT2D eigenvalue weighted by molar-refractivity contribution is 0.624. The van der Waals surface area contributed by atoms with E-state index in [2.05, 4.69) is 5.10 Å². The molecule has 0 aliphatic heterocycles. The standard InChI is InChI=1S/C7H8FN3.C7H4FN/c8-6-4-2-1-3-5(6)7(9)11-10;8-7-4-2-1-3-6(7)5-9/h1-4H,10H2,(H2,9,11);1-4H. The molecule has 2 aromatic carbocycles. The van der Waals surface area contributed by atoms with E-state index < -0.39 is 11.6 Å². The minimum atomic E-state index is -0.458. The molecule has 0 bridgehead atoms. The Morgan fingerprint density at radius 2 is 1.55 bits per heavy atom. The summed E-state index contributed by atoms with van der Waals surface area (Å²) in [6.07, 6.45) is 0. The Labute approximate surface area is 114 Å². The first-order valence-electron chi connectivity index (χ1n) is 5.53. The molecule has 0 aromatic heterocycles. The van der Waals surface area contributed by atoms with Gasteiger partial charge >= 0.3 is 0 Å². The molecular formula is C14H12F2N4. The van der Waals surface area contributed by atoms with Crippen LogP contribution >= 0.6 is 0 Å². The molecular weight excluding hydrogens is 262 g/mol. The molecule has 2 rings (SSSR count). The van der Waals surface area contributed by atoms with Gasteiger partial charge in [0.05, 0.1) is 11.1 Å². The molecule has 0 saturated heterocycles. The number of hydrogen-bond acceptors (Lipinski definition) is 3. The summed E-state index contributed by atoms with van der Waals surface area (Å²) in [7, 11) is 0. The van der Waals surface area contributed by atoms with Gasteiger partial charge in [-0.15, -0.1) is 0 Å². The first-order chi connectivity index (χ1) is 9.60. The van der Waals surface area contributed by atoms with E-state index in [0.29, 0.717) is 0 Å². The number of nitriles is 1. The third-order valence-corrected chi connectivity index (χ3v) is 2.28. The molecule has 102 valence electrons. The Balaban J connectivity index is 0.000000204. The SMILES string of the molecule is N#Cc1ccccc1F.NN=C(N)c1ccccc1F.